The number of anilines is 1. The van der Waals surface area contributed by atoms with E-state index in [9.17, 15) is 4.79 Å². The van der Waals surface area contributed by atoms with Crippen molar-refractivity contribution in [3.63, 3.8) is 0 Å². The van der Waals surface area contributed by atoms with E-state index in [-0.39, 0.29) is 5.91 Å². The fraction of sp³-hybridized carbons (Fsp3) is 0.125. The molecule has 1 amide bonds. The number of carbonyl (C=O) groups is 1. The number of azo groups is 1. The minimum absolute atomic E-state index is 0.262. The number of rotatable bonds is 5. The molecule has 1 aliphatic rings. The van der Waals surface area contributed by atoms with E-state index in [1.807, 2.05) is 72.1 Å². The summed E-state index contributed by atoms with van der Waals surface area (Å²) in [6.07, 6.45) is 0. The molecule has 0 spiro atoms. The van der Waals surface area contributed by atoms with Crippen LogP contribution < -0.4 is 9.75 Å². The molecule has 0 saturated heterocycles. The Morgan fingerprint density at radius 3 is 2.62 bits per heavy atom. The molecular formula is C24H19N5O2S. The molecule has 0 fully saturated rings. The van der Waals surface area contributed by atoms with Gasteiger partial charge in [-0.2, -0.15) is 20.3 Å². The van der Waals surface area contributed by atoms with Gasteiger partial charge in [0.25, 0.3) is 5.91 Å². The van der Waals surface area contributed by atoms with Crippen LogP contribution in [0.2, 0.25) is 0 Å². The Labute approximate surface area is 188 Å². The average Bonchev–Trinajstić information content (AvgIpc) is 3.42. The largest absolute Gasteiger partial charge is 0.497 e. The summed E-state index contributed by atoms with van der Waals surface area (Å²) in [4.78, 5) is 17.6. The van der Waals surface area contributed by atoms with E-state index >= 15 is 0 Å². The molecule has 8 heteroatoms. The van der Waals surface area contributed by atoms with Crippen molar-refractivity contribution >= 4 is 44.5 Å². The topological polar surface area (TPSA) is 79.5 Å². The van der Waals surface area contributed by atoms with Gasteiger partial charge in [-0.25, -0.2) is 4.98 Å². The lowest BCUT2D eigenvalue weighted by Gasteiger charge is -2.08. The van der Waals surface area contributed by atoms with E-state index in [2.05, 4.69) is 20.3 Å². The zero-order valence-electron chi connectivity index (χ0n) is 17.5. The molecule has 0 bridgehead atoms. The van der Waals surface area contributed by atoms with Crippen molar-refractivity contribution in [1.82, 2.24) is 4.98 Å². The van der Waals surface area contributed by atoms with Crippen molar-refractivity contribution in [3.8, 4) is 17.0 Å². The average molecular weight is 442 g/mol. The number of methoxy groups -OCH3 is 1. The SMILES string of the molecule is COc1ccc(-c2csc(N3N=C(C)[C@H](N=Nc4cccc5ccccc45)C3=O)n2)cc1. The number of ether oxygens (including phenoxy) is 1. The number of benzene rings is 3. The van der Waals surface area contributed by atoms with Gasteiger partial charge in [-0.3, -0.25) is 4.79 Å². The Kier molecular flexibility index (Phi) is 5.20. The number of fused-ring (bicyclic) bond motifs is 1. The molecule has 1 aliphatic heterocycles. The summed E-state index contributed by atoms with van der Waals surface area (Å²) in [5.74, 6) is 0.515. The molecular weight excluding hydrogens is 422 g/mol. The van der Waals surface area contributed by atoms with Gasteiger partial charge < -0.3 is 4.74 Å². The highest BCUT2D eigenvalue weighted by Crippen LogP contribution is 2.32. The number of carbonyl (C=O) groups excluding carboxylic acids is 1. The highest BCUT2D eigenvalue weighted by atomic mass is 32.1. The lowest BCUT2D eigenvalue weighted by atomic mass is 10.1. The summed E-state index contributed by atoms with van der Waals surface area (Å²) < 4.78 is 5.20. The summed E-state index contributed by atoms with van der Waals surface area (Å²) >= 11 is 1.36. The van der Waals surface area contributed by atoms with Crippen LogP contribution in [0.4, 0.5) is 10.8 Å². The van der Waals surface area contributed by atoms with Gasteiger partial charge >= 0.3 is 0 Å². The van der Waals surface area contributed by atoms with Crippen molar-refractivity contribution in [2.75, 3.05) is 12.1 Å². The molecule has 32 heavy (non-hydrogen) atoms. The zero-order valence-corrected chi connectivity index (χ0v) is 18.3. The molecule has 1 atom stereocenters. The lowest BCUT2D eigenvalue weighted by Crippen LogP contribution is -2.29. The number of amides is 1. The molecule has 0 N–H and O–H groups in total. The molecule has 7 nitrogen and oxygen atoms in total. The van der Waals surface area contributed by atoms with Crippen LogP contribution in [-0.4, -0.2) is 29.8 Å². The quantitative estimate of drug-likeness (QED) is 0.365. The van der Waals surface area contributed by atoms with Gasteiger partial charge in [0.15, 0.2) is 6.04 Å². The molecule has 0 radical (unpaired) electrons. The third-order valence-electron chi connectivity index (χ3n) is 5.20. The highest BCUT2D eigenvalue weighted by molar-refractivity contribution is 7.14. The minimum Gasteiger partial charge on any atom is -0.497 e. The second-order valence-electron chi connectivity index (χ2n) is 7.25. The smallest absolute Gasteiger partial charge is 0.282 e. The first-order valence-corrected chi connectivity index (χ1v) is 10.9. The first-order chi connectivity index (χ1) is 15.6. The van der Waals surface area contributed by atoms with Gasteiger partial charge in [-0.1, -0.05) is 36.4 Å². The van der Waals surface area contributed by atoms with Crippen LogP contribution in [0, 0.1) is 0 Å². The maximum absolute atomic E-state index is 13.0. The van der Waals surface area contributed by atoms with Crippen molar-refractivity contribution < 1.29 is 9.53 Å². The van der Waals surface area contributed by atoms with Gasteiger partial charge in [0.1, 0.15) is 5.75 Å². The zero-order chi connectivity index (χ0) is 22.1. The fourth-order valence-corrected chi connectivity index (χ4v) is 4.29. The number of nitrogens with zero attached hydrogens (tertiary/aromatic N) is 5. The lowest BCUT2D eigenvalue weighted by molar-refractivity contribution is -0.117. The maximum Gasteiger partial charge on any atom is 0.282 e. The molecule has 158 valence electrons. The van der Waals surface area contributed by atoms with Crippen LogP contribution in [0.15, 0.2) is 87.4 Å². The molecule has 0 unspecified atom stereocenters. The van der Waals surface area contributed by atoms with Crippen LogP contribution in [0.3, 0.4) is 0 Å². The third-order valence-corrected chi connectivity index (χ3v) is 6.02. The summed E-state index contributed by atoms with van der Waals surface area (Å²) in [6, 6.07) is 20.6. The van der Waals surface area contributed by atoms with Crippen molar-refractivity contribution in [2.45, 2.75) is 13.0 Å². The van der Waals surface area contributed by atoms with Crippen LogP contribution in [0.5, 0.6) is 5.75 Å². The first-order valence-electron chi connectivity index (χ1n) is 10.0. The molecule has 4 aromatic rings. The normalized spacial score (nSPS) is 16.2. The van der Waals surface area contributed by atoms with Gasteiger partial charge in [0.05, 0.1) is 24.2 Å². The first kappa shape index (κ1) is 20.0. The van der Waals surface area contributed by atoms with Gasteiger partial charge in [0.2, 0.25) is 5.13 Å². The van der Waals surface area contributed by atoms with Crippen LogP contribution in [0.1, 0.15) is 6.92 Å². The molecule has 0 saturated carbocycles. The molecule has 2 heterocycles. The van der Waals surface area contributed by atoms with Crippen molar-refractivity contribution in [2.24, 2.45) is 15.3 Å². The molecule has 3 aromatic carbocycles. The second-order valence-corrected chi connectivity index (χ2v) is 8.09. The minimum atomic E-state index is -0.762. The van der Waals surface area contributed by atoms with Crippen LogP contribution in [-0.2, 0) is 4.79 Å². The van der Waals surface area contributed by atoms with E-state index in [1.165, 1.54) is 16.3 Å². The fourth-order valence-electron chi connectivity index (χ4n) is 3.50. The summed E-state index contributed by atoms with van der Waals surface area (Å²) in [6.45, 7) is 1.78. The van der Waals surface area contributed by atoms with E-state index < -0.39 is 6.04 Å². The number of hydrogen-bond acceptors (Lipinski definition) is 7. The van der Waals surface area contributed by atoms with Gasteiger partial charge in [-0.05, 0) is 42.6 Å². The Hall–Kier alpha value is -3.91. The van der Waals surface area contributed by atoms with E-state index in [4.69, 9.17) is 4.74 Å². The van der Waals surface area contributed by atoms with Crippen molar-refractivity contribution in [1.29, 1.82) is 0 Å². The highest BCUT2D eigenvalue weighted by Gasteiger charge is 2.36. The van der Waals surface area contributed by atoms with Gasteiger partial charge in [0, 0.05) is 16.3 Å². The Morgan fingerprint density at radius 2 is 1.81 bits per heavy atom. The standard InChI is InChI=1S/C24H19N5O2S/c1-15-22(27-26-20-9-5-7-16-6-3-4-8-19(16)20)23(30)29(28-15)24-25-21(14-32-24)17-10-12-18(31-2)13-11-17/h3-14,22H,1-2H3/t22-/m0/s1. The molecule has 1 aromatic heterocycles. The number of hydrogen-bond donors (Lipinski definition) is 0. The predicted molar refractivity (Wildman–Crippen MR) is 127 cm³/mol. The maximum atomic E-state index is 13.0. The summed E-state index contributed by atoms with van der Waals surface area (Å²) in [5.41, 5.74) is 3.01. The molecule has 5 rings (SSSR count). The monoisotopic (exact) mass is 441 g/mol. The van der Waals surface area contributed by atoms with Gasteiger partial charge in [-0.15, -0.1) is 11.3 Å². The van der Waals surface area contributed by atoms with E-state index in [0.717, 1.165) is 33.5 Å². The van der Waals surface area contributed by atoms with Crippen molar-refractivity contribution in [3.05, 3.63) is 72.1 Å². The summed E-state index contributed by atoms with van der Waals surface area (Å²) in [5, 5.41) is 18.9. The van der Waals surface area contributed by atoms with Crippen LogP contribution >= 0.6 is 11.3 Å². The number of hydrazone groups is 1. The number of thiazole rings is 1. The third kappa shape index (κ3) is 3.65. The predicted octanol–water partition coefficient (Wildman–Crippen LogP) is 5.85. The Balaban J connectivity index is 1.38. The Bertz CT molecular complexity index is 1360. The number of aromatic nitrogens is 1. The van der Waals surface area contributed by atoms with E-state index in [0.29, 0.717) is 10.8 Å². The summed E-state index contributed by atoms with van der Waals surface area (Å²) in [7, 11) is 1.63. The second kappa shape index (κ2) is 8.32. The molecule has 0 aliphatic carbocycles. The van der Waals surface area contributed by atoms with Crippen LogP contribution in [0.25, 0.3) is 22.0 Å². The van der Waals surface area contributed by atoms with E-state index in [1.54, 1.807) is 14.0 Å². The Morgan fingerprint density at radius 1 is 1.03 bits per heavy atom.